The predicted molar refractivity (Wildman–Crippen MR) is 140 cm³/mol. The summed E-state index contributed by atoms with van der Waals surface area (Å²) in [5.74, 6) is -0.969. The summed E-state index contributed by atoms with van der Waals surface area (Å²) in [7, 11) is 1.66. The highest BCUT2D eigenvalue weighted by Gasteiger charge is 2.58. The molecule has 1 aromatic heterocycles. The quantitative estimate of drug-likeness (QED) is 0.259. The number of aromatic nitrogens is 1. The number of fused-ring (bicyclic) bond motifs is 6. The van der Waals surface area contributed by atoms with Crippen molar-refractivity contribution in [3.63, 3.8) is 0 Å². The lowest BCUT2D eigenvalue weighted by molar-refractivity contribution is -0.0688. The smallest absolute Gasteiger partial charge is 0.253 e. The third-order valence-electron chi connectivity index (χ3n) is 7.60. The highest BCUT2D eigenvalue weighted by Crippen LogP contribution is 2.62. The van der Waals surface area contributed by atoms with E-state index in [0.717, 1.165) is 0 Å². The molecule has 0 radical (unpaired) electrons. The van der Waals surface area contributed by atoms with Crippen LogP contribution in [0, 0.1) is 12.4 Å². The monoisotopic (exact) mass is 509 g/mol. The molecule has 2 N–H and O–H groups in total. The van der Waals surface area contributed by atoms with Gasteiger partial charge in [-0.2, -0.15) is 0 Å². The summed E-state index contributed by atoms with van der Waals surface area (Å²) < 4.78 is 21.1. The molecule has 3 aromatic carbocycles. The topological polar surface area (TPSA) is 79.3 Å². The maximum atomic E-state index is 13.3. The summed E-state index contributed by atoms with van der Waals surface area (Å²) >= 11 is 0. The number of aromatic hydroxyl groups is 2. The molecule has 2 atom stereocenters. The van der Waals surface area contributed by atoms with Gasteiger partial charge in [0, 0.05) is 25.6 Å². The number of nitrogens with zero attached hydrogens (tertiary/aromatic N) is 3. The molecular weight excluding hydrogens is 485 g/mol. The van der Waals surface area contributed by atoms with Gasteiger partial charge in [-0.15, -0.1) is 0 Å². The van der Waals surface area contributed by atoms with E-state index in [2.05, 4.69) is 4.85 Å². The molecule has 1 amide bonds. The molecule has 0 saturated carbocycles. The second kappa shape index (κ2) is 8.20. The Balaban J connectivity index is 1.40. The maximum absolute atomic E-state index is 13.3. The first-order valence-corrected chi connectivity index (χ1v) is 12.2. The number of carbonyl (C=O) groups excluding carboxylic acids is 1. The van der Waals surface area contributed by atoms with E-state index in [1.165, 1.54) is 33.7 Å². The fourth-order valence-electron chi connectivity index (χ4n) is 5.72. The van der Waals surface area contributed by atoms with Crippen molar-refractivity contribution in [1.82, 2.24) is 9.47 Å². The fourth-order valence-corrected chi connectivity index (χ4v) is 5.72. The molecule has 2 unspecified atom stereocenters. The van der Waals surface area contributed by atoms with Crippen LogP contribution in [0.2, 0.25) is 0 Å². The van der Waals surface area contributed by atoms with E-state index in [0.29, 0.717) is 45.3 Å². The number of halogens is 1. The van der Waals surface area contributed by atoms with E-state index < -0.39 is 17.0 Å². The minimum Gasteiger partial charge on any atom is -0.494 e. The summed E-state index contributed by atoms with van der Waals surface area (Å²) in [4.78, 5) is 18.0. The van der Waals surface area contributed by atoms with Gasteiger partial charge >= 0.3 is 0 Å². The molecule has 2 aliphatic rings. The minimum absolute atomic E-state index is 0.136. The largest absolute Gasteiger partial charge is 0.494 e. The molecule has 6 rings (SSSR count). The Bertz CT molecular complexity index is 1700. The first-order chi connectivity index (χ1) is 18.2. The lowest BCUT2D eigenvalue weighted by Crippen LogP contribution is -2.33. The molecular formula is C30H24FN3O4. The average Bonchev–Trinajstić information content (AvgIpc) is 3.51. The summed E-state index contributed by atoms with van der Waals surface area (Å²) in [6.45, 7) is 9.61. The van der Waals surface area contributed by atoms with Gasteiger partial charge in [-0.25, -0.2) is 9.24 Å². The highest BCUT2D eigenvalue weighted by molar-refractivity contribution is 6.00. The number of benzene rings is 3. The van der Waals surface area contributed by atoms with Gasteiger partial charge in [0.25, 0.3) is 5.91 Å². The Kier molecular flexibility index (Phi) is 5.13. The van der Waals surface area contributed by atoms with Crippen LogP contribution in [0.1, 0.15) is 34.8 Å². The van der Waals surface area contributed by atoms with Crippen molar-refractivity contribution in [1.29, 1.82) is 0 Å². The van der Waals surface area contributed by atoms with Crippen molar-refractivity contribution >= 4 is 22.4 Å². The van der Waals surface area contributed by atoms with Crippen molar-refractivity contribution in [2.45, 2.75) is 24.5 Å². The number of carbonyl (C=O) groups is 1. The van der Waals surface area contributed by atoms with Crippen molar-refractivity contribution in [3.8, 4) is 17.4 Å². The van der Waals surface area contributed by atoms with Crippen molar-refractivity contribution in [2.75, 3.05) is 13.6 Å². The lowest BCUT2D eigenvalue weighted by atomic mass is 9.83. The first kappa shape index (κ1) is 23.8. The Morgan fingerprint density at radius 2 is 1.71 bits per heavy atom. The zero-order valence-corrected chi connectivity index (χ0v) is 20.8. The van der Waals surface area contributed by atoms with Crippen LogP contribution in [-0.2, 0) is 15.9 Å². The fraction of sp³-hybridized carbons (Fsp3) is 0.200. The van der Waals surface area contributed by atoms with Gasteiger partial charge in [-0.05, 0) is 60.2 Å². The third-order valence-corrected chi connectivity index (χ3v) is 7.60. The number of amides is 1. The molecule has 3 heterocycles. The number of hydrogen-bond acceptors (Lipinski definition) is 4. The van der Waals surface area contributed by atoms with Crippen LogP contribution >= 0.6 is 0 Å². The van der Waals surface area contributed by atoms with E-state index in [1.807, 2.05) is 43.3 Å². The zero-order chi connectivity index (χ0) is 26.8. The van der Waals surface area contributed by atoms with E-state index >= 15 is 0 Å². The molecule has 2 aliphatic heterocycles. The minimum atomic E-state index is -1.06. The number of ether oxygens (including phenoxy) is 1. The van der Waals surface area contributed by atoms with Crippen LogP contribution in [0.3, 0.4) is 0 Å². The van der Waals surface area contributed by atoms with Crippen LogP contribution < -0.4 is 0 Å². The molecule has 7 nitrogen and oxygen atoms in total. The van der Waals surface area contributed by atoms with Crippen LogP contribution in [0.5, 0.6) is 11.8 Å². The van der Waals surface area contributed by atoms with E-state index in [1.54, 1.807) is 19.2 Å². The Hall–Kier alpha value is -4.61. The molecule has 190 valence electrons. The standard InChI is InChI=1S/C30H24FN3O4/c1-29-14-15-30(38-29,16-17-33(3)26(35)18-8-10-19(31)11-9-18)25-24(29)27(36)34(28(25)37)23-13-12-22(32-2)20-6-4-5-7-21(20)23/h4-15,36-37H,16-17H2,1,3H3. The molecule has 4 aromatic rings. The van der Waals surface area contributed by atoms with Gasteiger partial charge in [0.2, 0.25) is 11.8 Å². The molecule has 0 aliphatic carbocycles. The Morgan fingerprint density at radius 3 is 2.42 bits per heavy atom. The van der Waals surface area contributed by atoms with E-state index in [-0.39, 0.29) is 24.2 Å². The van der Waals surface area contributed by atoms with Crippen LogP contribution in [-0.4, -0.2) is 39.2 Å². The second-order valence-electron chi connectivity index (χ2n) is 9.91. The third kappa shape index (κ3) is 3.25. The van der Waals surface area contributed by atoms with E-state index in [4.69, 9.17) is 11.3 Å². The molecule has 0 spiro atoms. The summed E-state index contributed by atoms with van der Waals surface area (Å²) in [6, 6.07) is 16.1. The normalized spacial score (nSPS) is 21.0. The van der Waals surface area contributed by atoms with Crippen LogP contribution in [0.15, 0.2) is 72.8 Å². The first-order valence-electron chi connectivity index (χ1n) is 12.2. The van der Waals surface area contributed by atoms with Crippen molar-refractivity contribution in [2.24, 2.45) is 0 Å². The van der Waals surface area contributed by atoms with Crippen molar-refractivity contribution < 1.29 is 24.1 Å². The highest BCUT2D eigenvalue weighted by atomic mass is 19.1. The van der Waals surface area contributed by atoms with Gasteiger partial charge < -0.3 is 19.8 Å². The molecule has 0 saturated heterocycles. The lowest BCUT2D eigenvalue weighted by Gasteiger charge is -2.28. The van der Waals surface area contributed by atoms with Crippen LogP contribution in [0.4, 0.5) is 10.1 Å². The van der Waals surface area contributed by atoms with Crippen molar-refractivity contribution in [3.05, 3.63) is 107 Å². The second-order valence-corrected chi connectivity index (χ2v) is 9.91. The summed E-state index contributed by atoms with van der Waals surface area (Å²) in [5, 5.41) is 24.4. The van der Waals surface area contributed by atoms with Gasteiger partial charge in [-0.1, -0.05) is 30.3 Å². The SMILES string of the molecule is [C-]#[N+]c1ccc(-n2c(O)c3c(c2O)C2(CCN(C)C(=O)c4ccc(F)cc4)C=CC3(C)O2)c2ccccc12. The Morgan fingerprint density at radius 1 is 1.03 bits per heavy atom. The van der Waals surface area contributed by atoms with Gasteiger partial charge in [-0.3, -0.25) is 9.36 Å². The maximum Gasteiger partial charge on any atom is 0.253 e. The van der Waals surface area contributed by atoms with Crippen LogP contribution in [0.25, 0.3) is 21.3 Å². The molecule has 2 bridgehead atoms. The summed E-state index contributed by atoms with van der Waals surface area (Å²) in [6.07, 6.45) is 4.06. The zero-order valence-electron chi connectivity index (χ0n) is 20.8. The molecule has 8 heteroatoms. The molecule has 0 fully saturated rings. The summed E-state index contributed by atoms with van der Waals surface area (Å²) in [5.41, 5.74) is 0.301. The molecule has 38 heavy (non-hydrogen) atoms. The number of hydrogen-bond donors (Lipinski definition) is 2. The van der Waals surface area contributed by atoms with Gasteiger partial charge in [0.1, 0.15) is 17.0 Å². The van der Waals surface area contributed by atoms with Gasteiger partial charge in [0.15, 0.2) is 5.69 Å². The van der Waals surface area contributed by atoms with E-state index in [9.17, 15) is 19.4 Å². The Labute approximate surface area is 218 Å². The number of rotatable bonds is 5. The average molecular weight is 510 g/mol. The predicted octanol–water partition coefficient (Wildman–Crippen LogP) is 5.90. The van der Waals surface area contributed by atoms with Gasteiger partial charge in [0.05, 0.1) is 23.4 Å².